The fourth-order valence-electron chi connectivity index (χ4n) is 20.4. The molecule has 25 aromatic rings. The van der Waals surface area contributed by atoms with Gasteiger partial charge >= 0.3 is 20.1 Å². The first-order chi connectivity index (χ1) is 66.9. The topological polar surface area (TPSA) is 53.5 Å². The Morgan fingerprint density at radius 1 is 0.154 bits per heavy atom. The first-order valence-corrected chi connectivity index (χ1v) is 45.9. The Morgan fingerprint density at radius 3 is 0.676 bits per heavy atom. The number of hydrogen-bond acceptors (Lipinski definition) is 3. The average Bonchev–Trinajstić information content (AvgIpc) is 1.58. The molecule has 636 valence electrons. The standard InChI is InChI=1S/C129H81N6.Ir/c1-4-28-85(29-5-1)91-58-70-127-118(79-91)112-40-16-19-46-124(112)133(127)100-61-49-88(50-62-100)115-82-94(121-43-22-25-73-130-121)55-67-109(115)106-37-13-10-34-103(106)97-76-98(104-35-11-14-38-107(104)110-68-56-95(122-44-23-26-74-131-122)83-116(110)89-51-63-101(64-52-89)134-125-47-20-17-41-113(125)119-80-92(59-71-128(119)134)86-30-6-2-7-31-86)78-99(77-97)105-36-12-15-39-108(105)111-69-57-96(123-45-24-27-75-132-123)84-117(111)90-53-65-102(66-54-90)135-126-48-21-18-42-114(126)120-81-93(60-72-129(120)135)87-32-8-3-9-33-87;/h1-54,58-84H;/q-3;+3. The van der Waals surface area contributed by atoms with Gasteiger partial charge in [-0.1, -0.05) is 359 Å². The maximum absolute atomic E-state index is 4.93. The molecule has 136 heavy (non-hydrogen) atoms. The summed E-state index contributed by atoms with van der Waals surface area (Å²) in [6.45, 7) is 0. The molecule has 25 rings (SSSR count). The predicted octanol–water partition coefficient (Wildman–Crippen LogP) is 33.6. The number of nitrogens with zero attached hydrogens (tertiary/aromatic N) is 6. The second-order valence-corrected chi connectivity index (χ2v) is 34.6. The minimum absolute atomic E-state index is 0. The van der Waals surface area contributed by atoms with Crippen molar-refractivity contribution in [2.24, 2.45) is 0 Å². The predicted molar refractivity (Wildman–Crippen MR) is 561 cm³/mol. The molecule has 0 spiro atoms. The van der Waals surface area contributed by atoms with Crippen molar-refractivity contribution >= 4 is 65.4 Å². The van der Waals surface area contributed by atoms with Crippen molar-refractivity contribution in [1.82, 2.24) is 28.7 Å². The van der Waals surface area contributed by atoms with E-state index in [9.17, 15) is 0 Å². The summed E-state index contributed by atoms with van der Waals surface area (Å²) in [5.41, 5.74) is 41.2. The van der Waals surface area contributed by atoms with Crippen LogP contribution in [0, 0.1) is 18.2 Å². The van der Waals surface area contributed by atoms with Crippen LogP contribution in [0.4, 0.5) is 0 Å². The number of para-hydroxylation sites is 3. The number of pyridine rings is 3. The number of rotatable bonds is 18. The van der Waals surface area contributed by atoms with E-state index >= 15 is 0 Å². The summed E-state index contributed by atoms with van der Waals surface area (Å²) in [6, 6.07) is 183. The monoisotopic (exact) mass is 1910 g/mol. The molecule has 6 heterocycles. The molecule has 7 heteroatoms. The van der Waals surface area contributed by atoms with Crippen molar-refractivity contribution in [2.75, 3.05) is 0 Å². The minimum Gasteiger partial charge on any atom is -0.309 e. The maximum Gasteiger partial charge on any atom is 3.00 e. The second kappa shape index (κ2) is 35.1. The third kappa shape index (κ3) is 14.8. The van der Waals surface area contributed by atoms with Gasteiger partial charge in [0.2, 0.25) is 0 Å². The second-order valence-electron chi connectivity index (χ2n) is 34.6. The summed E-state index contributed by atoms with van der Waals surface area (Å²) < 4.78 is 7.22. The van der Waals surface area contributed by atoms with Crippen molar-refractivity contribution in [1.29, 1.82) is 0 Å². The Bertz CT molecular complexity index is 8020. The molecule has 0 atom stereocenters. The van der Waals surface area contributed by atoms with Gasteiger partial charge in [0, 0.05) is 68.0 Å². The first-order valence-electron chi connectivity index (χ1n) is 45.9. The molecular formula is C129H81IrN6. The summed E-state index contributed by atoms with van der Waals surface area (Å²) in [6.07, 6.45) is 5.59. The molecule has 0 saturated heterocycles. The fraction of sp³-hybridized carbons (Fsp3) is 0. The summed E-state index contributed by atoms with van der Waals surface area (Å²) in [5.74, 6) is 0. The van der Waals surface area contributed by atoms with Gasteiger partial charge in [0.1, 0.15) is 0 Å². The van der Waals surface area contributed by atoms with Crippen LogP contribution in [0.5, 0.6) is 0 Å². The number of aromatic nitrogens is 6. The summed E-state index contributed by atoms with van der Waals surface area (Å²) in [7, 11) is 0. The van der Waals surface area contributed by atoms with E-state index in [1.165, 1.54) is 65.7 Å². The molecule has 0 aliphatic rings. The SMILES string of the molecule is [Ir+3].[c-]1cc(-c2ccccc2-c2cc(-c3ccccc3-c3c[c-]c(-c4ccccn4)cc3-c3ccc(-n4c5ccccc5c5cc(-c6ccccc6)ccc54)cc3)cc(-c3ccccc3-c3c[c-]c(-c4ccccn4)cc3-c3ccc(-n4c5ccccc5c5cc(-c6ccccc6)ccc54)cc3)c2)c(-c2ccc(-n3c4ccccc4c4cc(-c5ccccc5)ccc43)cc2)cc1-c1ccccn1. The van der Waals surface area contributed by atoms with Gasteiger partial charge in [0.15, 0.2) is 0 Å². The summed E-state index contributed by atoms with van der Waals surface area (Å²) in [5, 5.41) is 7.23. The average molecular weight is 1910 g/mol. The van der Waals surface area contributed by atoms with Crippen molar-refractivity contribution < 1.29 is 20.1 Å². The van der Waals surface area contributed by atoms with E-state index < -0.39 is 0 Å². The van der Waals surface area contributed by atoms with Gasteiger partial charge in [-0.3, -0.25) is 0 Å². The van der Waals surface area contributed by atoms with Crippen LogP contribution in [0.15, 0.2) is 492 Å². The molecule has 0 radical (unpaired) electrons. The van der Waals surface area contributed by atoms with Gasteiger partial charge in [-0.05, 0) is 228 Å². The Morgan fingerprint density at radius 2 is 0.397 bits per heavy atom. The van der Waals surface area contributed by atoms with E-state index in [1.54, 1.807) is 0 Å². The zero-order valence-electron chi connectivity index (χ0n) is 73.8. The summed E-state index contributed by atoms with van der Waals surface area (Å²) in [4.78, 5) is 14.8. The van der Waals surface area contributed by atoms with E-state index in [0.29, 0.717) is 0 Å². The molecule has 0 bridgehead atoms. The molecule has 0 fully saturated rings. The molecule has 6 aromatic heterocycles. The van der Waals surface area contributed by atoms with Crippen LogP contribution in [-0.4, -0.2) is 28.7 Å². The fourth-order valence-corrected chi connectivity index (χ4v) is 20.4. The third-order valence-corrected chi connectivity index (χ3v) is 26.8. The van der Waals surface area contributed by atoms with Crippen LogP contribution in [0.3, 0.4) is 0 Å². The Hall–Kier alpha value is -17.3. The third-order valence-electron chi connectivity index (χ3n) is 26.8. The number of hydrogen-bond donors (Lipinski definition) is 0. The van der Waals surface area contributed by atoms with Gasteiger partial charge in [-0.2, -0.15) is 0 Å². The largest absolute Gasteiger partial charge is 3.00 e. The van der Waals surface area contributed by atoms with E-state index in [2.05, 4.69) is 469 Å². The maximum atomic E-state index is 4.93. The molecule has 0 unspecified atom stereocenters. The quantitative estimate of drug-likeness (QED) is 0.0805. The first kappa shape index (κ1) is 81.9. The number of fused-ring (bicyclic) bond motifs is 9. The van der Waals surface area contributed by atoms with Gasteiger partial charge < -0.3 is 28.7 Å². The molecule has 0 aliphatic heterocycles. The zero-order chi connectivity index (χ0) is 89.2. The van der Waals surface area contributed by atoms with Crippen LogP contribution in [0.1, 0.15) is 0 Å². The van der Waals surface area contributed by atoms with E-state index in [-0.39, 0.29) is 20.1 Å². The van der Waals surface area contributed by atoms with Crippen LogP contribution >= 0.6 is 0 Å². The van der Waals surface area contributed by atoms with Crippen LogP contribution < -0.4 is 0 Å². The van der Waals surface area contributed by atoms with E-state index in [1.807, 2.05) is 55.0 Å². The smallest absolute Gasteiger partial charge is 0.309 e. The zero-order valence-corrected chi connectivity index (χ0v) is 76.2. The van der Waals surface area contributed by atoms with E-state index in [4.69, 9.17) is 15.0 Å². The Balaban J connectivity index is 0.0000101. The van der Waals surface area contributed by atoms with Crippen LogP contribution in [-0.2, 0) is 20.1 Å². The van der Waals surface area contributed by atoms with Crippen molar-refractivity contribution in [3.8, 4) is 184 Å². The Kier molecular flexibility index (Phi) is 21.1. The van der Waals surface area contributed by atoms with Gasteiger partial charge in [-0.15, -0.1) is 71.3 Å². The van der Waals surface area contributed by atoms with Crippen LogP contribution in [0.25, 0.3) is 250 Å². The van der Waals surface area contributed by atoms with Crippen molar-refractivity contribution in [3.05, 3.63) is 510 Å². The minimum atomic E-state index is 0. The summed E-state index contributed by atoms with van der Waals surface area (Å²) >= 11 is 0. The molecule has 0 amide bonds. The molecule has 19 aromatic carbocycles. The molecule has 0 N–H and O–H groups in total. The van der Waals surface area contributed by atoms with Gasteiger partial charge in [0.25, 0.3) is 0 Å². The molecule has 0 saturated carbocycles. The molecular weight excluding hydrogens is 1830 g/mol. The van der Waals surface area contributed by atoms with Crippen molar-refractivity contribution in [3.63, 3.8) is 0 Å². The molecule has 6 nitrogen and oxygen atoms in total. The Labute approximate surface area is 802 Å². The normalized spacial score (nSPS) is 11.5. The van der Waals surface area contributed by atoms with Gasteiger partial charge in [0.05, 0.1) is 33.1 Å². The number of benzene rings is 19. The van der Waals surface area contributed by atoms with Gasteiger partial charge in [-0.25, -0.2) is 0 Å². The van der Waals surface area contributed by atoms with E-state index in [0.717, 1.165) is 184 Å². The van der Waals surface area contributed by atoms with Crippen LogP contribution in [0.2, 0.25) is 0 Å². The van der Waals surface area contributed by atoms with Crippen molar-refractivity contribution in [2.45, 2.75) is 0 Å². The molecule has 0 aliphatic carbocycles.